The molecular weight excluding hydrogens is 388 g/mol. The van der Waals surface area contributed by atoms with Crippen LogP contribution in [0.5, 0.6) is 0 Å². The summed E-state index contributed by atoms with van der Waals surface area (Å²) >= 11 is 0. The van der Waals surface area contributed by atoms with E-state index in [1.807, 2.05) is 0 Å². The SMILES string of the molecule is COCCOCC(=O)N[C@@H](C(=O)OC)[C@@H](CC(=O)OC)c1ccc([N+](=O)[O-])cc1. The fourth-order valence-corrected chi connectivity index (χ4v) is 2.51. The van der Waals surface area contributed by atoms with Gasteiger partial charge in [0.2, 0.25) is 5.91 Å². The smallest absolute Gasteiger partial charge is 0.329 e. The molecule has 2 atom stereocenters. The van der Waals surface area contributed by atoms with Crippen LogP contribution in [0.3, 0.4) is 0 Å². The normalized spacial score (nSPS) is 12.5. The van der Waals surface area contributed by atoms with Gasteiger partial charge in [-0.1, -0.05) is 12.1 Å². The van der Waals surface area contributed by atoms with Crippen molar-refractivity contribution in [2.24, 2.45) is 0 Å². The molecule has 0 saturated heterocycles. The molecule has 0 fully saturated rings. The molecular formula is C18H24N2O9. The number of carbonyl (C=O) groups is 3. The fourth-order valence-electron chi connectivity index (χ4n) is 2.51. The summed E-state index contributed by atoms with van der Waals surface area (Å²) in [6.07, 6.45) is -0.265. The number of benzene rings is 1. The zero-order valence-corrected chi connectivity index (χ0v) is 16.4. The quantitative estimate of drug-likeness (QED) is 0.225. The summed E-state index contributed by atoms with van der Waals surface area (Å²) in [5, 5.41) is 13.4. The number of methoxy groups -OCH3 is 3. The monoisotopic (exact) mass is 412 g/mol. The van der Waals surface area contributed by atoms with Crippen LogP contribution in [0.15, 0.2) is 24.3 Å². The Balaban J connectivity index is 3.09. The van der Waals surface area contributed by atoms with Crippen molar-refractivity contribution in [1.82, 2.24) is 5.32 Å². The first-order valence-electron chi connectivity index (χ1n) is 8.59. The maximum Gasteiger partial charge on any atom is 0.329 e. The van der Waals surface area contributed by atoms with E-state index in [0.29, 0.717) is 12.2 Å². The number of ether oxygens (including phenoxy) is 4. The zero-order chi connectivity index (χ0) is 21.8. The van der Waals surface area contributed by atoms with Crippen molar-refractivity contribution in [2.75, 3.05) is 41.2 Å². The molecule has 160 valence electrons. The highest BCUT2D eigenvalue weighted by Crippen LogP contribution is 2.27. The van der Waals surface area contributed by atoms with E-state index in [1.165, 1.54) is 38.5 Å². The van der Waals surface area contributed by atoms with Gasteiger partial charge in [0.05, 0.1) is 38.8 Å². The van der Waals surface area contributed by atoms with Gasteiger partial charge in [0.1, 0.15) is 12.6 Å². The number of nitro benzene ring substituents is 1. The highest BCUT2D eigenvalue weighted by Gasteiger charge is 2.34. The number of nitro groups is 1. The van der Waals surface area contributed by atoms with E-state index in [1.54, 1.807) is 0 Å². The molecule has 1 amide bonds. The van der Waals surface area contributed by atoms with Gasteiger partial charge in [0, 0.05) is 25.2 Å². The molecule has 0 aliphatic carbocycles. The summed E-state index contributed by atoms with van der Waals surface area (Å²) in [4.78, 5) is 46.7. The molecule has 29 heavy (non-hydrogen) atoms. The van der Waals surface area contributed by atoms with E-state index < -0.39 is 34.7 Å². The van der Waals surface area contributed by atoms with Crippen LogP contribution in [0.25, 0.3) is 0 Å². The van der Waals surface area contributed by atoms with Gasteiger partial charge in [-0.25, -0.2) is 4.79 Å². The molecule has 0 aliphatic rings. The van der Waals surface area contributed by atoms with Crippen LogP contribution in [0.1, 0.15) is 17.9 Å². The highest BCUT2D eigenvalue weighted by molar-refractivity contribution is 5.86. The number of esters is 2. The molecule has 1 aromatic rings. The van der Waals surface area contributed by atoms with Crippen LogP contribution in [-0.4, -0.2) is 70.0 Å². The summed E-state index contributed by atoms with van der Waals surface area (Å²) < 4.78 is 19.4. The van der Waals surface area contributed by atoms with Crippen molar-refractivity contribution < 1.29 is 38.3 Å². The number of non-ortho nitro benzene ring substituents is 1. The molecule has 0 aromatic heterocycles. The second kappa shape index (κ2) is 12.4. The van der Waals surface area contributed by atoms with Gasteiger partial charge in [-0.15, -0.1) is 0 Å². The number of hydrogen-bond acceptors (Lipinski definition) is 9. The van der Waals surface area contributed by atoms with Crippen LogP contribution < -0.4 is 5.32 Å². The van der Waals surface area contributed by atoms with Crippen LogP contribution in [-0.2, 0) is 33.3 Å². The Morgan fingerprint density at radius 1 is 1.07 bits per heavy atom. The average molecular weight is 412 g/mol. The summed E-state index contributed by atoms with van der Waals surface area (Å²) in [5.74, 6) is -2.90. The molecule has 0 bridgehead atoms. The molecule has 0 saturated carbocycles. The van der Waals surface area contributed by atoms with Crippen molar-refractivity contribution in [3.63, 3.8) is 0 Å². The van der Waals surface area contributed by atoms with Gasteiger partial charge >= 0.3 is 11.9 Å². The topological polar surface area (TPSA) is 143 Å². The number of carbonyl (C=O) groups excluding carboxylic acids is 3. The Labute approximate surface area is 167 Å². The lowest BCUT2D eigenvalue weighted by Crippen LogP contribution is -2.47. The molecule has 1 rings (SSSR count). The lowest BCUT2D eigenvalue weighted by Gasteiger charge is -2.25. The number of nitrogens with zero attached hydrogens (tertiary/aromatic N) is 1. The molecule has 0 aliphatic heterocycles. The fraction of sp³-hybridized carbons (Fsp3) is 0.500. The predicted molar refractivity (Wildman–Crippen MR) is 99.1 cm³/mol. The minimum absolute atomic E-state index is 0.157. The van der Waals surface area contributed by atoms with Gasteiger partial charge in [-0.3, -0.25) is 19.7 Å². The predicted octanol–water partition coefficient (Wildman–Crippen LogP) is 0.562. The average Bonchev–Trinajstić information content (AvgIpc) is 2.72. The Hall–Kier alpha value is -3.05. The van der Waals surface area contributed by atoms with Crippen LogP contribution in [0, 0.1) is 10.1 Å². The maximum atomic E-state index is 12.3. The van der Waals surface area contributed by atoms with Gasteiger partial charge in [-0.2, -0.15) is 0 Å². The van der Waals surface area contributed by atoms with Crippen molar-refractivity contribution >= 4 is 23.5 Å². The van der Waals surface area contributed by atoms with Crippen molar-refractivity contribution in [2.45, 2.75) is 18.4 Å². The molecule has 1 N–H and O–H groups in total. The van der Waals surface area contributed by atoms with Gasteiger partial charge in [0.25, 0.3) is 5.69 Å². The van der Waals surface area contributed by atoms with Gasteiger partial charge < -0.3 is 24.3 Å². The largest absolute Gasteiger partial charge is 0.469 e. The standard InChI is InChI=1S/C18H24N2O9/c1-26-8-9-29-11-15(21)19-17(18(23)28-3)14(10-16(22)27-2)12-4-6-13(7-5-12)20(24)25/h4-7,14,17H,8-11H2,1-3H3,(H,19,21)/t14-,17+/m0/s1. The van der Waals surface area contributed by atoms with E-state index >= 15 is 0 Å². The molecule has 11 nitrogen and oxygen atoms in total. The van der Waals surface area contributed by atoms with Crippen LogP contribution in [0.4, 0.5) is 5.69 Å². The highest BCUT2D eigenvalue weighted by atomic mass is 16.6. The Morgan fingerprint density at radius 2 is 1.72 bits per heavy atom. The number of nitrogens with one attached hydrogen (secondary N) is 1. The van der Waals surface area contributed by atoms with E-state index in [0.717, 1.165) is 7.11 Å². The van der Waals surface area contributed by atoms with Crippen LogP contribution >= 0.6 is 0 Å². The van der Waals surface area contributed by atoms with Gasteiger partial charge in [0.15, 0.2) is 0 Å². The number of hydrogen-bond donors (Lipinski definition) is 1. The van der Waals surface area contributed by atoms with E-state index in [-0.39, 0.29) is 25.3 Å². The first kappa shape index (κ1) is 24.0. The lowest BCUT2D eigenvalue weighted by molar-refractivity contribution is -0.384. The summed E-state index contributed by atoms with van der Waals surface area (Å²) in [7, 11) is 3.81. The summed E-state index contributed by atoms with van der Waals surface area (Å²) in [6.45, 7) is 0.143. The molecule has 0 spiro atoms. The zero-order valence-electron chi connectivity index (χ0n) is 16.4. The number of amides is 1. The number of rotatable bonds is 12. The van der Waals surface area contributed by atoms with Crippen molar-refractivity contribution in [3.8, 4) is 0 Å². The maximum absolute atomic E-state index is 12.3. The Bertz CT molecular complexity index is 706. The second-order valence-electron chi connectivity index (χ2n) is 5.85. The Morgan fingerprint density at radius 3 is 2.24 bits per heavy atom. The van der Waals surface area contributed by atoms with Crippen LogP contribution in [0.2, 0.25) is 0 Å². The third kappa shape index (κ3) is 7.84. The van der Waals surface area contributed by atoms with Crippen molar-refractivity contribution in [1.29, 1.82) is 0 Å². The minimum Gasteiger partial charge on any atom is -0.469 e. The molecule has 0 heterocycles. The van der Waals surface area contributed by atoms with E-state index in [2.05, 4.69) is 10.1 Å². The second-order valence-corrected chi connectivity index (χ2v) is 5.85. The first-order valence-corrected chi connectivity index (χ1v) is 8.59. The van der Waals surface area contributed by atoms with Gasteiger partial charge in [-0.05, 0) is 5.56 Å². The summed E-state index contributed by atoms with van der Waals surface area (Å²) in [5.41, 5.74) is 0.257. The molecule has 0 unspecified atom stereocenters. The summed E-state index contributed by atoms with van der Waals surface area (Å²) in [6, 6.07) is 4.05. The third-order valence-electron chi connectivity index (χ3n) is 3.99. The van der Waals surface area contributed by atoms with E-state index in [9.17, 15) is 24.5 Å². The third-order valence-corrected chi connectivity index (χ3v) is 3.99. The minimum atomic E-state index is -1.24. The Kier molecular flexibility index (Phi) is 10.3. The lowest BCUT2D eigenvalue weighted by atomic mass is 9.88. The molecule has 11 heteroatoms. The van der Waals surface area contributed by atoms with E-state index in [4.69, 9.17) is 14.2 Å². The molecule has 0 radical (unpaired) electrons. The molecule has 1 aromatic carbocycles. The van der Waals surface area contributed by atoms with Crippen molar-refractivity contribution in [3.05, 3.63) is 39.9 Å². The first-order chi connectivity index (χ1) is 13.8.